The molecule has 0 saturated carbocycles. The summed E-state index contributed by atoms with van der Waals surface area (Å²) in [4.78, 5) is 11.5. The van der Waals surface area contributed by atoms with Crippen molar-refractivity contribution in [3.05, 3.63) is 48.5 Å². The Kier molecular flexibility index (Phi) is 4.03. The first-order chi connectivity index (χ1) is 9.19. The predicted molar refractivity (Wildman–Crippen MR) is 79.5 cm³/mol. The van der Waals surface area contributed by atoms with Crippen LogP contribution in [-0.4, -0.2) is 5.91 Å². The van der Waals surface area contributed by atoms with Gasteiger partial charge in [-0.15, -0.1) is 0 Å². The summed E-state index contributed by atoms with van der Waals surface area (Å²) >= 11 is 0. The van der Waals surface area contributed by atoms with Crippen LogP contribution in [0, 0.1) is 0 Å². The summed E-state index contributed by atoms with van der Waals surface area (Å²) in [6, 6.07) is 15.1. The van der Waals surface area contributed by atoms with Crippen LogP contribution in [0.1, 0.15) is 13.3 Å². The summed E-state index contributed by atoms with van der Waals surface area (Å²) in [6.45, 7) is 1.82. The lowest BCUT2D eigenvalue weighted by atomic mass is 10.2. The number of carbonyl (C=O) groups excluding carboxylic acids is 1. The molecule has 0 unspecified atom stereocenters. The van der Waals surface area contributed by atoms with Crippen LogP contribution >= 0.6 is 0 Å². The van der Waals surface area contributed by atoms with Gasteiger partial charge in [-0.2, -0.15) is 0 Å². The van der Waals surface area contributed by atoms with Crippen molar-refractivity contribution < 1.29 is 4.79 Å². The minimum Gasteiger partial charge on any atom is -0.399 e. The molecule has 0 aromatic heterocycles. The maximum Gasteiger partial charge on any atom is 0.224 e. The average Bonchev–Trinajstić information content (AvgIpc) is 2.43. The second-order valence-corrected chi connectivity index (χ2v) is 4.20. The lowest BCUT2D eigenvalue weighted by Crippen LogP contribution is -2.11. The maximum absolute atomic E-state index is 11.5. The highest BCUT2D eigenvalue weighted by molar-refractivity contribution is 5.95. The SMILES string of the molecule is CCC(=O)Nc1ccc(N)cc1Nc1ccccc1. The Balaban J connectivity index is 2.27. The zero-order valence-corrected chi connectivity index (χ0v) is 10.8. The molecule has 98 valence electrons. The van der Waals surface area contributed by atoms with Gasteiger partial charge in [0.25, 0.3) is 0 Å². The van der Waals surface area contributed by atoms with Crippen molar-refractivity contribution in [2.75, 3.05) is 16.4 Å². The normalized spacial score (nSPS) is 9.95. The summed E-state index contributed by atoms with van der Waals surface area (Å²) in [5.74, 6) is -0.0270. The van der Waals surface area contributed by atoms with Crippen molar-refractivity contribution in [1.29, 1.82) is 0 Å². The van der Waals surface area contributed by atoms with Crippen molar-refractivity contribution in [3.63, 3.8) is 0 Å². The summed E-state index contributed by atoms with van der Waals surface area (Å²) < 4.78 is 0. The molecule has 4 heteroatoms. The minimum atomic E-state index is -0.0270. The predicted octanol–water partition coefficient (Wildman–Crippen LogP) is 3.36. The number of carbonyl (C=O) groups is 1. The van der Waals surface area contributed by atoms with Crippen LogP contribution in [-0.2, 0) is 4.79 Å². The molecule has 2 rings (SSSR count). The van der Waals surface area contributed by atoms with Crippen LogP contribution in [0.25, 0.3) is 0 Å². The van der Waals surface area contributed by atoms with E-state index in [1.807, 2.05) is 37.3 Å². The van der Waals surface area contributed by atoms with E-state index in [2.05, 4.69) is 10.6 Å². The van der Waals surface area contributed by atoms with Gasteiger partial charge in [-0.05, 0) is 30.3 Å². The fourth-order valence-corrected chi connectivity index (χ4v) is 1.69. The largest absolute Gasteiger partial charge is 0.399 e. The van der Waals surface area contributed by atoms with Gasteiger partial charge in [0, 0.05) is 17.8 Å². The molecule has 2 aromatic rings. The number of para-hydroxylation sites is 1. The third-order valence-electron chi connectivity index (χ3n) is 2.69. The van der Waals surface area contributed by atoms with Gasteiger partial charge >= 0.3 is 0 Å². The van der Waals surface area contributed by atoms with Crippen molar-refractivity contribution >= 4 is 28.7 Å². The zero-order chi connectivity index (χ0) is 13.7. The molecule has 0 aliphatic heterocycles. The van der Waals surface area contributed by atoms with E-state index in [0.29, 0.717) is 12.1 Å². The Bertz CT molecular complexity index is 567. The molecule has 1 amide bonds. The van der Waals surface area contributed by atoms with Gasteiger partial charge in [-0.1, -0.05) is 25.1 Å². The second-order valence-electron chi connectivity index (χ2n) is 4.20. The Hall–Kier alpha value is -2.49. The summed E-state index contributed by atoms with van der Waals surface area (Å²) in [6.07, 6.45) is 0.440. The molecule has 4 nitrogen and oxygen atoms in total. The van der Waals surface area contributed by atoms with E-state index >= 15 is 0 Å². The monoisotopic (exact) mass is 255 g/mol. The Labute approximate surface area is 112 Å². The van der Waals surface area contributed by atoms with E-state index in [1.165, 1.54) is 0 Å². The fourth-order valence-electron chi connectivity index (χ4n) is 1.69. The molecule has 0 aliphatic rings. The number of hydrogen-bond donors (Lipinski definition) is 3. The third kappa shape index (κ3) is 3.48. The molecule has 0 saturated heterocycles. The molecule has 2 aromatic carbocycles. The van der Waals surface area contributed by atoms with Gasteiger partial charge in [-0.3, -0.25) is 4.79 Å². The van der Waals surface area contributed by atoms with Crippen LogP contribution in [0.3, 0.4) is 0 Å². The number of anilines is 4. The van der Waals surface area contributed by atoms with Gasteiger partial charge in [0.2, 0.25) is 5.91 Å². The maximum atomic E-state index is 11.5. The van der Waals surface area contributed by atoms with Gasteiger partial charge in [-0.25, -0.2) is 0 Å². The highest BCUT2D eigenvalue weighted by atomic mass is 16.1. The number of benzene rings is 2. The van der Waals surface area contributed by atoms with Gasteiger partial charge in [0.1, 0.15) is 0 Å². The molecule has 0 radical (unpaired) electrons. The van der Waals surface area contributed by atoms with E-state index in [0.717, 1.165) is 17.1 Å². The van der Waals surface area contributed by atoms with Crippen LogP contribution in [0.15, 0.2) is 48.5 Å². The number of nitrogen functional groups attached to an aromatic ring is 1. The van der Waals surface area contributed by atoms with E-state index in [9.17, 15) is 4.79 Å². The summed E-state index contributed by atoms with van der Waals surface area (Å²) in [5.41, 5.74) is 8.89. The molecule has 0 heterocycles. The number of nitrogens with two attached hydrogens (primary N) is 1. The van der Waals surface area contributed by atoms with Crippen LogP contribution in [0.5, 0.6) is 0 Å². The molecule has 0 fully saturated rings. The highest BCUT2D eigenvalue weighted by Gasteiger charge is 2.06. The standard InChI is InChI=1S/C15H17N3O/c1-2-15(19)18-13-9-8-11(16)10-14(13)17-12-6-4-3-5-7-12/h3-10,17H,2,16H2,1H3,(H,18,19). The lowest BCUT2D eigenvalue weighted by Gasteiger charge is -2.13. The molecular formula is C15H17N3O. The fraction of sp³-hybridized carbons (Fsp3) is 0.133. The van der Waals surface area contributed by atoms with Gasteiger partial charge < -0.3 is 16.4 Å². The number of rotatable bonds is 4. The molecular weight excluding hydrogens is 238 g/mol. The van der Waals surface area contributed by atoms with Crippen LogP contribution in [0.2, 0.25) is 0 Å². The number of amides is 1. The molecule has 4 N–H and O–H groups in total. The minimum absolute atomic E-state index is 0.0270. The van der Waals surface area contributed by atoms with E-state index in [1.54, 1.807) is 18.2 Å². The van der Waals surface area contributed by atoms with Crippen molar-refractivity contribution in [2.45, 2.75) is 13.3 Å². The summed E-state index contributed by atoms with van der Waals surface area (Å²) in [7, 11) is 0. The first-order valence-corrected chi connectivity index (χ1v) is 6.20. The van der Waals surface area contributed by atoms with Crippen molar-refractivity contribution in [3.8, 4) is 0 Å². The van der Waals surface area contributed by atoms with Crippen LogP contribution in [0.4, 0.5) is 22.7 Å². The van der Waals surface area contributed by atoms with E-state index in [4.69, 9.17) is 5.73 Å². The molecule has 0 aliphatic carbocycles. The van der Waals surface area contributed by atoms with E-state index in [-0.39, 0.29) is 5.91 Å². The molecule has 0 spiro atoms. The molecule has 0 bridgehead atoms. The van der Waals surface area contributed by atoms with Crippen LogP contribution < -0.4 is 16.4 Å². The first-order valence-electron chi connectivity index (χ1n) is 6.20. The number of nitrogens with one attached hydrogen (secondary N) is 2. The molecule has 19 heavy (non-hydrogen) atoms. The average molecular weight is 255 g/mol. The quantitative estimate of drug-likeness (QED) is 0.734. The summed E-state index contributed by atoms with van der Waals surface area (Å²) in [5, 5.41) is 6.10. The van der Waals surface area contributed by atoms with Gasteiger partial charge in [0.05, 0.1) is 11.4 Å². The van der Waals surface area contributed by atoms with E-state index < -0.39 is 0 Å². The lowest BCUT2D eigenvalue weighted by molar-refractivity contribution is -0.115. The zero-order valence-electron chi connectivity index (χ0n) is 10.8. The highest BCUT2D eigenvalue weighted by Crippen LogP contribution is 2.27. The number of hydrogen-bond acceptors (Lipinski definition) is 3. The second kappa shape index (κ2) is 5.91. The molecule has 0 atom stereocenters. The third-order valence-corrected chi connectivity index (χ3v) is 2.69. The Morgan fingerprint density at radius 1 is 1.11 bits per heavy atom. The van der Waals surface area contributed by atoms with Crippen molar-refractivity contribution in [1.82, 2.24) is 0 Å². The first kappa shape index (κ1) is 13.0. The van der Waals surface area contributed by atoms with Gasteiger partial charge in [0.15, 0.2) is 0 Å². The smallest absolute Gasteiger partial charge is 0.224 e. The Morgan fingerprint density at radius 2 is 1.84 bits per heavy atom. The van der Waals surface area contributed by atoms with Crippen molar-refractivity contribution in [2.24, 2.45) is 0 Å². The Morgan fingerprint density at radius 3 is 2.53 bits per heavy atom. The topological polar surface area (TPSA) is 67.2 Å².